The molecule has 1 aromatic carbocycles. The van der Waals surface area contributed by atoms with E-state index in [-0.39, 0.29) is 5.91 Å². The lowest BCUT2D eigenvalue weighted by atomic mass is 10.2. The van der Waals surface area contributed by atoms with Gasteiger partial charge in [0.15, 0.2) is 0 Å². The minimum Gasteiger partial charge on any atom is -0.312 e. The number of hydrogen-bond donors (Lipinski definition) is 0. The minimum absolute atomic E-state index is 0.105. The van der Waals surface area contributed by atoms with Gasteiger partial charge in [-0.05, 0) is 38.2 Å². The van der Waals surface area contributed by atoms with E-state index in [1.807, 2.05) is 61.3 Å². The molecule has 0 saturated carbocycles. The summed E-state index contributed by atoms with van der Waals surface area (Å²) in [7, 11) is 1.95. The number of anilines is 1. The predicted octanol–water partition coefficient (Wildman–Crippen LogP) is 3.89. The molecule has 0 saturated heterocycles. The molecular weight excluding hydrogens is 304 g/mol. The second kappa shape index (κ2) is 7.59. The molecule has 3 nitrogen and oxygen atoms in total. The van der Waals surface area contributed by atoms with Crippen molar-refractivity contribution in [3.63, 3.8) is 0 Å². The number of rotatable bonds is 6. The van der Waals surface area contributed by atoms with Gasteiger partial charge in [0.25, 0.3) is 0 Å². The van der Waals surface area contributed by atoms with E-state index in [2.05, 4.69) is 0 Å². The molecule has 2 rings (SSSR count). The number of nitrogens with zero attached hydrogens (tertiary/aromatic N) is 2. The van der Waals surface area contributed by atoms with Gasteiger partial charge in [0, 0.05) is 23.7 Å². The van der Waals surface area contributed by atoms with E-state index in [0.717, 1.165) is 21.4 Å². The third-order valence-corrected chi connectivity index (χ3v) is 4.36. The number of carbonyl (C=O) groups excluding carboxylic acids is 1. The van der Waals surface area contributed by atoms with Gasteiger partial charge < -0.3 is 4.90 Å². The third-order valence-electron chi connectivity index (χ3n) is 3.14. The lowest BCUT2D eigenvalue weighted by Gasteiger charge is -2.24. The molecule has 0 unspecified atom stereocenters. The summed E-state index contributed by atoms with van der Waals surface area (Å²) in [6.45, 7) is 3.78. The second-order valence-electron chi connectivity index (χ2n) is 4.85. The Morgan fingerprint density at radius 2 is 1.90 bits per heavy atom. The summed E-state index contributed by atoms with van der Waals surface area (Å²) < 4.78 is 0.782. The van der Waals surface area contributed by atoms with E-state index < -0.39 is 0 Å². The first-order chi connectivity index (χ1) is 10.1. The maximum atomic E-state index is 12.4. The van der Waals surface area contributed by atoms with Gasteiger partial charge in [-0.15, -0.1) is 11.3 Å². The molecular formula is C16H19ClN2OS. The topological polar surface area (TPSA) is 23.6 Å². The van der Waals surface area contributed by atoms with Crippen molar-refractivity contribution < 1.29 is 4.79 Å². The largest absolute Gasteiger partial charge is 0.312 e. The van der Waals surface area contributed by atoms with Gasteiger partial charge in [0.05, 0.1) is 10.9 Å². The molecule has 112 valence electrons. The summed E-state index contributed by atoms with van der Waals surface area (Å²) in [5.74, 6) is 0.105. The summed E-state index contributed by atoms with van der Waals surface area (Å²) in [4.78, 5) is 17.4. The van der Waals surface area contributed by atoms with E-state index in [9.17, 15) is 4.79 Å². The number of likely N-dealkylation sites (N-methyl/N-ethyl adjacent to an activating group) is 2. The van der Waals surface area contributed by atoms with Crippen LogP contribution in [0.3, 0.4) is 0 Å². The number of halogens is 1. The molecule has 1 amide bonds. The predicted molar refractivity (Wildman–Crippen MR) is 90.1 cm³/mol. The third kappa shape index (κ3) is 4.56. The van der Waals surface area contributed by atoms with Crippen LogP contribution < -0.4 is 4.90 Å². The van der Waals surface area contributed by atoms with Gasteiger partial charge in [-0.3, -0.25) is 9.69 Å². The van der Waals surface area contributed by atoms with Crippen LogP contribution in [0.15, 0.2) is 42.5 Å². The van der Waals surface area contributed by atoms with Crippen LogP contribution in [-0.4, -0.2) is 30.9 Å². The SMILES string of the molecule is CCN(C(=O)CN(C)Cc1ccc(Cl)s1)c1ccccc1. The first kappa shape index (κ1) is 16.0. The Morgan fingerprint density at radius 1 is 1.19 bits per heavy atom. The highest BCUT2D eigenvalue weighted by Gasteiger charge is 2.16. The minimum atomic E-state index is 0.105. The summed E-state index contributed by atoms with van der Waals surface area (Å²) in [5, 5.41) is 0. The van der Waals surface area contributed by atoms with Gasteiger partial charge in [-0.1, -0.05) is 29.8 Å². The van der Waals surface area contributed by atoms with Gasteiger partial charge in [0.1, 0.15) is 0 Å². The normalized spacial score (nSPS) is 10.9. The van der Waals surface area contributed by atoms with Crippen LogP contribution in [0.2, 0.25) is 4.34 Å². The highest BCUT2D eigenvalue weighted by atomic mass is 35.5. The van der Waals surface area contributed by atoms with Crippen molar-refractivity contribution in [1.29, 1.82) is 0 Å². The van der Waals surface area contributed by atoms with Gasteiger partial charge in [-0.2, -0.15) is 0 Å². The zero-order valence-electron chi connectivity index (χ0n) is 12.3. The molecule has 0 aliphatic heterocycles. The zero-order chi connectivity index (χ0) is 15.2. The molecule has 0 atom stereocenters. The van der Waals surface area contributed by atoms with E-state index in [1.165, 1.54) is 0 Å². The van der Waals surface area contributed by atoms with Crippen LogP contribution >= 0.6 is 22.9 Å². The van der Waals surface area contributed by atoms with Crippen molar-refractivity contribution in [2.45, 2.75) is 13.5 Å². The van der Waals surface area contributed by atoms with Crippen molar-refractivity contribution >= 4 is 34.5 Å². The average Bonchev–Trinajstić information content (AvgIpc) is 2.85. The Labute approximate surface area is 134 Å². The van der Waals surface area contributed by atoms with E-state index in [0.29, 0.717) is 13.1 Å². The molecule has 0 aliphatic rings. The summed E-state index contributed by atoms with van der Waals surface area (Å²) in [6, 6.07) is 13.7. The number of para-hydroxylation sites is 1. The summed E-state index contributed by atoms with van der Waals surface area (Å²) in [5.41, 5.74) is 0.942. The zero-order valence-corrected chi connectivity index (χ0v) is 13.8. The maximum absolute atomic E-state index is 12.4. The van der Waals surface area contributed by atoms with Crippen LogP contribution in [0.1, 0.15) is 11.8 Å². The van der Waals surface area contributed by atoms with Crippen LogP contribution in [0, 0.1) is 0 Å². The molecule has 5 heteroatoms. The van der Waals surface area contributed by atoms with Crippen LogP contribution in [-0.2, 0) is 11.3 Å². The number of benzene rings is 1. The van der Waals surface area contributed by atoms with Gasteiger partial charge in [0.2, 0.25) is 5.91 Å². The Balaban J connectivity index is 1.96. The van der Waals surface area contributed by atoms with E-state index in [1.54, 1.807) is 16.2 Å². The van der Waals surface area contributed by atoms with E-state index in [4.69, 9.17) is 11.6 Å². The smallest absolute Gasteiger partial charge is 0.241 e. The monoisotopic (exact) mass is 322 g/mol. The molecule has 21 heavy (non-hydrogen) atoms. The fourth-order valence-electron chi connectivity index (χ4n) is 2.19. The van der Waals surface area contributed by atoms with Crippen LogP contribution in [0.5, 0.6) is 0 Å². The fourth-order valence-corrected chi connectivity index (χ4v) is 3.35. The molecule has 0 radical (unpaired) electrons. The lowest BCUT2D eigenvalue weighted by molar-refractivity contribution is -0.119. The number of amides is 1. The van der Waals surface area contributed by atoms with Crippen molar-refractivity contribution in [1.82, 2.24) is 4.90 Å². The standard InChI is InChI=1S/C16H19ClN2OS/c1-3-19(13-7-5-4-6-8-13)16(20)12-18(2)11-14-9-10-15(17)21-14/h4-10H,3,11-12H2,1-2H3. The Bertz CT molecular complexity index is 585. The molecule has 0 spiro atoms. The molecule has 1 aromatic heterocycles. The molecule has 0 fully saturated rings. The quantitative estimate of drug-likeness (QED) is 0.805. The molecule has 0 bridgehead atoms. The Morgan fingerprint density at radius 3 is 2.48 bits per heavy atom. The van der Waals surface area contributed by atoms with Crippen molar-refractivity contribution in [3.8, 4) is 0 Å². The highest BCUT2D eigenvalue weighted by molar-refractivity contribution is 7.16. The average molecular weight is 323 g/mol. The molecule has 0 aliphatic carbocycles. The van der Waals surface area contributed by atoms with Crippen molar-refractivity contribution in [2.75, 3.05) is 25.0 Å². The number of thiophene rings is 1. The lowest BCUT2D eigenvalue weighted by Crippen LogP contribution is -2.38. The molecule has 2 aromatic rings. The van der Waals surface area contributed by atoms with Gasteiger partial charge in [-0.25, -0.2) is 0 Å². The maximum Gasteiger partial charge on any atom is 0.241 e. The summed E-state index contributed by atoms with van der Waals surface area (Å²) >= 11 is 7.48. The van der Waals surface area contributed by atoms with Crippen LogP contribution in [0.4, 0.5) is 5.69 Å². The van der Waals surface area contributed by atoms with Gasteiger partial charge >= 0.3 is 0 Å². The Kier molecular flexibility index (Phi) is 5.79. The van der Waals surface area contributed by atoms with Crippen molar-refractivity contribution in [2.24, 2.45) is 0 Å². The van der Waals surface area contributed by atoms with Crippen molar-refractivity contribution in [3.05, 3.63) is 51.7 Å². The fraction of sp³-hybridized carbons (Fsp3) is 0.312. The second-order valence-corrected chi connectivity index (χ2v) is 6.65. The first-order valence-corrected chi connectivity index (χ1v) is 8.07. The van der Waals surface area contributed by atoms with E-state index >= 15 is 0 Å². The highest BCUT2D eigenvalue weighted by Crippen LogP contribution is 2.22. The molecule has 1 heterocycles. The Hall–Kier alpha value is -1.36. The summed E-state index contributed by atoms with van der Waals surface area (Å²) in [6.07, 6.45) is 0. The first-order valence-electron chi connectivity index (χ1n) is 6.88. The number of hydrogen-bond acceptors (Lipinski definition) is 3. The molecule has 0 N–H and O–H groups in total. The van der Waals surface area contributed by atoms with Crippen LogP contribution in [0.25, 0.3) is 0 Å². The number of carbonyl (C=O) groups is 1.